The highest BCUT2D eigenvalue weighted by atomic mass is 16.2. The normalized spacial score (nSPS) is 17.9. The lowest BCUT2D eigenvalue weighted by Crippen LogP contribution is -2.46. The fraction of sp³-hybridized carbons (Fsp3) is 0.818. The minimum atomic E-state index is -0.159. The zero-order chi connectivity index (χ0) is 11.3. The molecule has 1 saturated heterocycles. The van der Waals surface area contributed by atoms with Crippen LogP contribution in [-0.2, 0) is 4.79 Å². The average molecular weight is 209 g/mol. The largest absolute Gasteiger partial charge is 0.341 e. The number of amides is 1. The van der Waals surface area contributed by atoms with Crippen LogP contribution in [0.25, 0.3) is 0 Å². The van der Waals surface area contributed by atoms with Crippen molar-refractivity contribution in [2.45, 2.75) is 32.7 Å². The van der Waals surface area contributed by atoms with Gasteiger partial charge in [0.05, 0.1) is 18.7 Å². The number of hydrogen-bond donors (Lipinski definition) is 0. The summed E-state index contributed by atoms with van der Waals surface area (Å²) in [5.74, 6) is 0.171. The Morgan fingerprint density at radius 3 is 2.60 bits per heavy atom. The first-order valence-corrected chi connectivity index (χ1v) is 5.60. The van der Waals surface area contributed by atoms with Crippen molar-refractivity contribution in [3.8, 4) is 6.07 Å². The van der Waals surface area contributed by atoms with E-state index in [-0.39, 0.29) is 11.9 Å². The summed E-state index contributed by atoms with van der Waals surface area (Å²) in [4.78, 5) is 15.8. The molecule has 0 bridgehead atoms. The third-order valence-corrected chi connectivity index (χ3v) is 3.00. The Kier molecular flexibility index (Phi) is 4.57. The number of likely N-dealkylation sites (tertiary alicyclic amines) is 1. The van der Waals surface area contributed by atoms with Crippen LogP contribution in [0.2, 0.25) is 0 Å². The van der Waals surface area contributed by atoms with Gasteiger partial charge >= 0.3 is 0 Å². The number of nitriles is 1. The van der Waals surface area contributed by atoms with E-state index in [2.05, 4.69) is 6.07 Å². The fourth-order valence-corrected chi connectivity index (χ4v) is 1.97. The number of rotatable bonds is 4. The highest BCUT2D eigenvalue weighted by Crippen LogP contribution is 2.11. The molecule has 0 aromatic heterocycles. The molecule has 1 aliphatic rings. The minimum absolute atomic E-state index is 0.159. The second kappa shape index (κ2) is 5.72. The van der Waals surface area contributed by atoms with Gasteiger partial charge in [0, 0.05) is 13.1 Å². The summed E-state index contributed by atoms with van der Waals surface area (Å²) >= 11 is 0. The van der Waals surface area contributed by atoms with Gasteiger partial charge in [-0.15, -0.1) is 0 Å². The lowest BCUT2D eigenvalue weighted by Gasteiger charge is -2.28. The molecule has 1 heterocycles. The van der Waals surface area contributed by atoms with E-state index in [9.17, 15) is 4.79 Å². The standard InChI is InChI=1S/C11H19N3O/c1-3-13(9-6-12)10(2)11(15)14-7-4-5-8-14/h10H,3-5,7-9H2,1-2H3. The molecule has 15 heavy (non-hydrogen) atoms. The van der Waals surface area contributed by atoms with E-state index in [4.69, 9.17) is 5.26 Å². The summed E-state index contributed by atoms with van der Waals surface area (Å²) in [5.41, 5.74) is 0. The van der Waals surface area contributed by atoms with Crippen molar-refractivity contribution in [3.63, 3.8) is 0 Å². The maximum Gasteiger partial charge on any atom is 0.239 e. The van der Waals surface area contributed by atoms with Gasteiger partial charge in [-0.1, -0.05) is 6.92 Å². The maximum atomic E-state index is 12.0. The van der Waals surface area contributed by atoms with Crippen LogP contribution in [0.15, 0.2) is 0 Å². The Bertz CT molecular complexity index is 253. The third-order valence-electron chi connectivity index (χ3n) is 3.00. The molecule has 0 aromatic carbocycles. The molecule has 1 unspecified atom stereocenters. The monoisotopic (exact) mass is 209 g/mol. The molecule has 0 aliphatic carbocycles. The Hall–Kier alpha value is -1.08. The van der Waals surface area contributed by atoms with E-state index in [0.29, 0.717) is 6.54 Å². The Morgan fingerprint density at radius 2 is 2.13 bits per heavy atom. The van der Waals surface area contributed by atoms with E-state index in [1.807, 2.05) is 23.6 Å². The van der Waals surface area contributed by atoms with Crippen LogP contribution in [0.4, 0.5) is 0 Å². The summed E-state index contributed by atoms with van der Waals surface area (Å²) in [6.45, 7) is 6.71. The number of carbonyl (C=O) groups excluding carboxylic acids is 1. The first-order chi connectivity index (χ1) is 7.20. The Balaban J connectivity index is 2.53. The zero-order valence-corrected chi connectivity index (χ0v) is 9.57. The molecule has 1 rings (SSSR count). The van der Waals surface area contributed by atoms with Crippen LogP contribution in [0.3, 0.4) is 0 Å². The van der Waals surface area contributed by atoms with E-state index in [1.54, 1.807) is 0 Å². The number of carbonyl (C=O) groups is 1. The van der Waals surface area contributed by atoms with Gasteiger partial charge in [0.2, 0.25) is 5.91 Å². The van der Waals surface area contributed by atoms with Crippen molar-refractivity contribution in [1.82, 2.24) is 9.80 Å². The van der Waals surface area contributed by atoms with Gasteiger partial charge in [-0.25, -0.2) is 0 Å². The first-order valence-electron chi connectivity index (χ1n) is 5.60. The number of nitrogens with zero attached hydrogens (tertiary/aromatic N) is 3. The van der Waals surface area contributed by atoms with Crippen LogP contribution in [0, 0.1) is 11.3 Å². The lowest BCUT2D eigenvalue weighted by molar-refractivity contribution is -0.135. The van der Waals surface area contributed by atoms with Crippen LogP contribution in [-0.4, -0.2) is 47.9 Å². The third kappa shape index (κ3) is 2.93. The second-order valence-corrected chi connectivity index (χ2v) is 3.93. The van der Waals surface area contributed by atoms with Crippen LogP contribution >= 0.6 is 0 Å². The van der Waals surface area contributed by atoms with Crippen LogP contribution in [0.1, 0.15) is 26.7 Å². The molecule has 0 saturated carbocycles. The summed E-state index contributed by atoms with van der Waals surface area (Å²) in [5, 5.41) is 8.65. The quantitative estimate of drug-likeness (QED) is 0.645. The van der Waals surface area contributed by atoms with Gasteiger partial charge in [0.15, 0.2) is 0 Å². The molecule has 1 atom stereocenters. The second-order valence-electron chi connectivity index (χ2n) is 3.93. The van der Waals surface area contributed by atoms with Crippen molar-refractivity contribution >= 4 is 5.91 Å². The van der Waals surface area contributed by atoms with Crippen molar-refractivity contribution in [3.05, 3.63) is 0 Å². The molecule has 0 aromatic rings. The molecule has 1 aliphatic heterocycles. The average Bonchev–Trinajstić information content (AvgIpc) is 2.77. The van der Waals surface area contributed by atoms with Crippen molar-refractivity contribution in [1.29, 1.82) is 5.26 Å². The molecule has 0 N–H and O–H groups in total. The maximum absolute atomic E-state index is 12.0. The molecule has 0 radical (unpaired) electrons. The summed E-state index contributed by atoms with van der Waals surface area (Å²) in [7, 11) is 0. The van der Waals surface area contributed by atoms with Gasteiger partial charge < -0.3 is 4.90 Å². The fourth-order valence-electron chi connectivity index (χ4n) is 1.97. The topological polar surface area (TPSA) is 47.3 Å². The molecule has 0 spiro atoms. The van der Waals surface area contributed by atoms with E-state index in [1.165, 1.54) is 0 Å². The summed E-state index contributed by atoms with van der Waals surface area (Å²) < 4.78 is 0. The van der Waals surface area contributed by atoms with E-state index < -0.39 is 0 Å². The highest BCUT2D eigenvalue weighted by molar-refractivity contribution is 5.81. The number of likely N-dealkylation sites (N-methyl/N-ethyl adjacent to an activating group) is 1. The smallest absolute Gasteiger partial charge is 0.239 e. The van der Waals surface area contributed by atoms with Crippen molar-refractivity contribution in [2.75, 3.05) is 26.2 Å². The van der Waals surface area contributed by atoms with Crippen LogP contribution in [0.5, 0.6) is 0 Å². The Labute approximate surface area is 91.5 Å². The van der Waals surface area contributed by atoms with Crippen LogP contribution < -0.4 is 0 Å². The molecule has 84 valence electrons. The minimum Gasteiger partial charge on any atom is -0.341 e. The Morgan fingerprint density at radius 1 is 1.53 bits per heavy atom. The van der Waals surface area contributed by atoms with E-state index in [0.717, 1.165) is 32.5 Å². The molecule has 4 heteroatoms. The van der Waals surface area contributed by atoms with Gasteiger partial charge in [0.1, 0.15) is 0 Å². The predicted octanol–water partition coefficient (Wildman–Crippen LogP) is 0.843. The van der Waals surface area contributed by atoms with Gasteiger partial charge in [0.25, 0.3) is 0 Å². The number of hydrogen-bond acceptors (Lipinski definition) is 3. The summed E-state index contributed by atoms with van der Waals surface area (Å²) in [6, 6.07) is 1.94. The molecular weight excluding hydrogens is 190 g/mol. The van der Waals surface area contributed by atoms with Gasteiger partial charge in [-0.3, -0.25) is 9.69 Å². The van der Waals surface area contributed by atoms with Gasteiger partial charge in [-0.2, -0.15) is 5.26 Å². The lowest BCUT2D eigenvalue weighted by atomic mass is 10.2. The zero-order valence-electron chi connectivity index (χ0n) is 9.57. The van der Waals surface area contributed by atoms with Gasteiger partial charge in [-0.05, 0) is 26.3 Å². The molecule has 1 fully saturated rings. The summed E-state index contributed by atoms with van der Waals surface area (Å²) in [6.07, 6.45) is 2.23. The SMILES string of the molecule is CCN(CC#N)C(C)C(=O)N1CCCC1. The molecular formula is C11H19N3O. The van der Waals surface area contributed by atoms with Crippen molar-refractivity contribution in [2.24, 2.45) is 0 Å². The highest BCUT2D eigenvalue weighted by Gasteiger charge is 2.26. The molecule has 4 nitrogen and oxygen atoms in total. The molecule has 1 amide bonds. The van der Waals surface area contributed by atoms with Crippen molar-refractivity contribution < 1.29 is 4.79 Å². The predicted molar refractivity (Wildman–Crippen MR) is 58.1 cm³/mol. The first kappa shape index (κ1) is 12.0. The van der Waals surface area contributed by atoms with E-state index >= 15 is 0 Å².